The second-order valence-electron chi connectivity index (χ2n) is 5.07. The van der Waals surface area contributed by atoms with Gasteiger partial charge in [0.05, 0.1) is 5.02 Å². The monoisotopic (exact) mass is 418 g/mol. The predicted octanol–water partition coefficient (Wildman–Crippen LogP) is 3.93. The van der Waals surface area contributed by atoms with E-state index in [1.165, 1.54) is 23.9 Å². The van der Waals surface area contributed by atoms with Gasteiger partial charge >= 0.3 is 5.97 Å². The summed E-state index contributed by atoms with van der Waals surface area (Å²) in [6.45, 7) is 6.92. The highest BCUT2D eigenvalue weighted by Gasteiger charge is 2.10. The topological polar surface area (TPSA) is 113 Å². The number of anilines is 2. The Balaban J connectivity index is 0.000000273. The third-order valence-electron chi connectivity index (χ3n) is 2.56. The molecule has 3 N–H and O–H groups in total. The maximum absolute atomic E-state index is 10.4. The number of hydrogen-bond donors (Lipinski definition) is 3. The van der Waals surface area contributed by atoms with Crippen LogP contribution in [0.5, 0.6) is 0 Å². The van der Waals surface area contributed by atoms with Gasteiger partial charge in [-0.25, -0.2) is 9.78 Å². The number of carbonyl (C=O) groups is 1. The Morgan fingerprint density at radius 3 is 2.35 bits per heavy atom. The van der Waals surface area contributed by atoms with E-state index in [0.29, 0.717) is 17.9 Å². The first-order valence-electron chi connectivity index (χ1n) is 7.62. The van der Waals surface area contributed by atoms with Crippen molar-refractivity contribution in [3.05, 3.63) is 28.0 Å². The Hall–Kier alpha value is -1.84. The molecule has 0 radical (unpaired) electrons. The molecule has 0 aliphatic heterocycles. The van der Waals surface area contributed by atoms with Gasteiger partial charge in [-0.2, -0.15) is 15.0 Å². The lowest BCUT2D eigenvalue weighted by Gasteiger charge is -2.10. The van der Waals surface area contributed by atoms with Crippen molar-refractivity contribution >= 4 is 52.8 Å². The Morgan fingerprint density at radius 1 is 1.19 bits per heavy atom. The smallest absolute Gasteiger partial charge is 0.356 e. The first kappa shape index (κ1) is 22.2. The molecular formula is C15H20Cl2N6O2S. The molecule has 0 aliphatic carbocycles. The fourth-order valence-electron chi connectivity index (χ4n) is 1.58. The number of carboxylic acids is 1. The van der Waals surface area contributed by atoms with Crippen LogP contribution in [0.25, 0.3) is 0 Å². The minimum Gasteiger partial charge on any atom is -0.476 e. The lowest BCUT2D eigenvalue weighted by Crippen LogP contribution is -2.15. The number of aromatic nitrogens is 4. The second kappa shape index (κ2) is 11.0. The van der Waals surface area contributed by atoms with Gasteiger partial charge in [-0.3, -0.25) is 0 Å². The Morgan fingerprint density at radius 2 is 1.85 bits per heavy atom. The molecule has 26 heavy (non-hydrogen) atoms. The zero-order valence-corrected chi connectivity index (χ0v) is 17.1. The molecule has 0 fully saturated rings. The van der Waals surface area contributed by atoms with Gasteiger partial charge in [-0.15, -0.1) is 0 Å². The number of nitrogens with zero attached hydrogens (tertiary/aromatic N) is 4. The van der Waals surface area contributed by atoms with Crippen molar-refractivity contribution in [3.63, 3.8) is 0 Å². The fraction of sp³-hybridized carbons (Fsp3) is 0.400. The van der Waals surface area contributed by atoms with E-state index in [-0.39, 0.29) is 15.9 Å². The van der Waals surface area contributed by atoms with Crippen LogP contribution >= 0.6 is 35.0 Å². The Labute approximate surface area is 166 Å². The maximum Gasteiger partial charge on any atom is 0.356 e. The van der Waals surface area contributed by atoms with E-state index >= 15 is 0 Å². The van der Waals surface area contributed by atoms with E-state index in [1.54, 1.807) is 0 Å². The third-order valence-corrected chi connectivity index (χ3v) is 3.63. The first-order valence-corrected chi connectivity index (χ1v) is 9.60. The van der Waals surface area contributed by atoms with E-state index in [1.807, 2.05) is 13.2 Å². The zero-order chi connectivity index (χ0) is 19.7. The van der Waals surface area contributed by atoms with Crippen LogP contribution in [0.1, 0.15) is 31.3 Å². The van der Waals surface area contributed by atoms with Crippen molar-refractivity contribution in [1.29, 1.82) is 0 Å². The van der Waals surface area contributed by atoms with Gasteiger partial charge in [-0.05, 0) is 39.2 Å². The number of pyridine rings is 1. The van der Waals surface area contributed by atoms with Crippen LogP contribution in [0.15, 0.2) is 17.3 Å². The van der Waals surface area contributed by atoms with Gasteiger partial charge in [0.15, 0.2) is 10.9 Å². The number of nitrogens with one attached hydrogen (secondary N) is 2. The van der Waals surface area contributed by atoms with Gasteiger partial charge in [0.1, 0.15) is 5.15 Å². The van der Waals surface area contributed by atoms with Crippen LogP contribution < -0.4 is 10.6 Å². The fourth-order valence-corrected chi connectivity index (χ4v) is 2.27. The SMILES string of the molecule is CCNc1nc(NC(C)C)nc(SC)n1.O=C(O)c1nc(Cl)ccc1Cl. The average Bonchev–Trinajstić information content (AvgIpc) is 2.57. The van der Waals surface area contributed by atoms with Gasteiger partial charge in [0.25, 0.3) is 0 Å². The lowest BCUT2D eigenvalue weighted by atomic mass is 10.3. The Bertz CT molecular complexity index is 748. The molecule has 0 saturated heterocycles. The van der Waals surface area contributed by atoms with Gasteiger partial charge < -0.3 is 15.7 Å². The number of hydrogen-bond acceptors (Lipinski definition) is 8. The molecule has 142 valence electrons. The highest BCUT2D eigenvalue weighted by Crippen LogP contribution is 2.16. The molecule has 0 unspecified atom stereocenters. The van der Waals surface area contributed by atoms with Crippen LogP contribution in [0, 0.1) is 0 Å². The highest BCUT2D eigenvalue weighted by molar-refractivity contribution is 7.98. The Kier molecular flexibility index (Phi) is 9.39. The van der Waals surface area contributed by atoms with Crippen LogP contribution in [-0.4, -0.2) is 49.9 Å². The molecule has 0 saturated carbocycles. The summed E-state index contributed by atoms with van der Waals surface area (Å²) in [6, 6.07) is 3.13. The number of carboxylic acid groups (broad SMARTS) is 1. The molecule has 2 rings (SSSR count). The van der Waals surface area contributed by atoms with Crippen molar-refractivity contribution in [2.75, 3.05) is 23.4 Å². The van der Waals surface area contributed by atoms with Crippen LogP contribution in [0.3, 0.4) is 0 Å². The van der Waals surface area contributed by atoms with Crippen molar-refractivity contribution < 1.29 is 9.90 Å². The third kappa shape index (κ3) is 7.59. The quantitative estimate of drug-likeness (QED) is 0.473. The van der Waals surface area contributed by atoms with Gasteiger partial charge in [0.2, 0.25) is 11.9 Å². The highest BCUT2D eigenvalue weighted by atomic mass is 35.5. The minimum absolute atomic E-state index is 0.0851. The summed E-state index contributed by atoms with van der Waals surface area (Å²) < 4.78 is 0. The molecule has 0 aromatic carbocycles. The van der Waals surface area contributed by atoms with Gasteiger partial charge in [-0.1, -0.05) is 35.0 Å². The van der Waals surface area contributed by atoms with Crippen LogP contribution in [0.2, 0.25) is 10.2 Å². The summed E-state index contributed by atoms with van der Waals surface area (Å²) in [7, 11) is 0. The molecule has 2 aromatic rings. The summed E-state index contributed by atoms with van der Waals surface area (Å²) in [5.74, 6) is 0.0674. The summed E-state index contributed by atoms with van der Waals surface area (Å²) in [4.78, 5) is 26.6. The van der Waals surface area contributed by atoms with Crippen molar-refractivity contribution in [1.82, 2.24) is 19.9 Å². The average molecular weight is 419 g/mol. The molecule has 0 bridgehead atoms. The number of halogens is 2. The summed E-state index contributed by atoms with van der Waals surface area (Å²) in [5.41, 5.74) is -0.223. The first-order chi connectivity index (χ1) is 12.3. The summed E-state index contributed by atoms with van der Waals surface area (Å²) in [6.07, 6.45) is 1.95. The summed E-state index contributed by atoms with van der Waals surface area (Å²) in [5, 5.41) is 15.7. The molecule has 0 spiro atoms. The normalized spacial score (nSPS) is 10.1. The van der Waals surface area contributed by atoms with Crippen LogP contribution in [0.4, 0.5) is 11.9 Å². The molecule has 0 aliphatic rings. The molecule has 8 nitrogen and oxygen atoms in total. The van der Waals surface area contributed by atoms with E-state index < -0.39 is 5.97 Å². The van der Waals surface area contributed by atoms with Crippen molar-refractivity contribution in [3.8, 4) is 0 Å². The molecular weight excluding hydrogens is 399 g/mol. The number of thioether (sulfide) groups is 1. The minimum atomic E-state index is -1.18. The van der Waals surface area contributed by atoms with Crippen molar-refractivity contribution in [2.24, 2.45) is 0 Å². The van der Waals surface area contributed by atoms with Gasteiger partial charge in [0, 0.05) is 12.6 Å². The zero-order valence-electron chi connectivity index (χ0n) is 14.7. The standard InChI is InChI=1S/C9H17N5S.C6H3Cl2NO2/c1-5-10-7-12-8(11-6(2)3)14-9(13-7)15-4;7-3-1-2-4(8)9-5(3)6(10)11/h6H,5H2,1-4H3,(H2,10,11,12,13,14);1-2H,(H,10,11). The lowest BCUT2D eigenvalue weighted by molar-refractivity contribution is 0.0690. The molecule has 11 heteroatoms. The largest absolute Gasteiger partial charge is 0.476 e. The number of rotatable bonds is 6. The molecule has 2 heterocycles. The van der Waals surface area contributed by atoms with E-state index in [2.05, 4.69) is 44.4 Å². The molecule has 2 aromatic heterocycles. The number of aromatic carboxylic acids is 1. The van der Waals surface area contributed by atoms with E-state index in [0.717, 1.165) is 11.7 Å². The van der Waals surface area contributed by atoms with Crippen LogP contribution in [-0.2, 0) is 0 Å². The van der Waals surface area contributed by atoms with E-state index in [9.17, 15) is 4.79 Å². The maximum atomic E-state index is 10.4. The summed E-state index contributed by atoms with van der Waals surface area (Å²) >= 11 is 12.4. The second-order valence-corrected chi connectivity index (χ2v) is 6.64. The predicted molar refractivity (Wildman–Crippen MR) is 106 cm³/mol. The van der Waals surface area contributed by atoms with Crippen molar-refractivity contribution in [2.45, 2.75) is 32.0 Å². The molecule has 0 amide bonds. The molecule has 0 atom stereocenters. The van der Waals surface area contributed by atoms with E-state index in [4.69, 9.17) is 28.3 Å².